The topological polar surface area (TPSA) is 58.2 Å². The van der Waals surface area contributed by atoms with E-state index in [1.54, 1.807) is 12.1 Å². The highest BCUT2D eigenvalue weighted by Crippen LogP contribution is 2.18. The van der Waals surface area contributed by atoms with E-state index in [2.05, 4.69) is 17.0 Å². The predicted molar refractivity (Wildman–Crippen MR) is 87.9 cm³/mol. The van der Waals surface area contributed by atoms with Gasteiger partial charge in [0.05, 0.1) is 4.90 Å². The highest BCUT2D eigenvalue weighted by atomic mass is 32.2. The Labute approximate surface area is 129 Å². The zero-order valence-electron chi connectivity index (χ0n) is 13.6. The third-order valence-corrected chi connectivity index (χ3v) is 5.26. The van der Waals surface area contributed by atoms with Crippen molar-refractivity contribution < 1.29 is 8.42 Å². The first-order valence-corrected chi connectivity index (χ1v) is 9.31. The molecule has 0 aliphatic rings. The van der Waals surface area contributed by atoms with Gasteiger partial charge in [-0.3, -0.25) is 0 Å². The number of nitrogens with one attached hydrogen (secondary N) is 2. The highest BCUT2D eigenvalue weighted by Gasteiger charge is 2.19. The van der Waals surface area contributed by atoms with Gasteiger partial charge in [-0.15, -0.1) is 0 Å². The molecule has 1 aromatic rings. The van der Waals surface area contributed by atoms with Crippen LogP contribution in [-0.2, 0) is 23.0 Å². The second-order valence-electron chi connectivity index (χ2n) is 5.20. The molecule has 0 spiro atoms. The lowest BCUT2D eigenvalue weighted by Crippen LogP contribution is -2.34. The van der Waals surface area contributed by atoms with Crippen LogP contribution in [0, 0.1) is 0 Å². The molecule has 0 unspecified atom stereocenters. The summed E-state index contributed by atoms with van der Waals surface area (Å²) in [5, 5.41) is 3.27. The summed E-state index contributed by atoms with van der Waals surface area (Å²) in [4.78, 5) is 0.361. The van der Waals surface area contributed by atoms with Gasteiger partial charge in [0, 0.05) is 12.6 Å². The molecule has 0 bridgehead atoms. The van der Waals surface area contributed by atoms with Crippen LogP contribution in [-0.4, -0.2) is 21.0 Å². The van der Waals surface area contributed by atoms with Crippen LogP contribution in [0.4, 0.5) is 0 Å². The van der Waals surface area contributed by atoms with Crippen molar-refractivity contribution in [3.05, 3.63) is 29.3 Å². The van der Waals surface area contributed by atoms with Crippen molar-refractivity contribution in [1.82, 2.24) is 10.0 Å². The van der Waals surface area contributed by atoms with Crippen LogP contribution in [0.1, 0.15) is 51.7 Å². The molecule has 0 atom stereocenters. The number of benzene rings is 1. The lowest BCUT2D eigenvalue weighted by Gasteiger charge is -2.16. The van der Waals surface area contributed by atoms with E-state index in [1.165, 1.54) is 5.56 Å². The molecule has 4 nitrogen and oxygen atoms in total. The first-order chi connectivity index (χ1) is 9.98. The van der Waals surface area contributed by atoms with Crippen molar-refractivity contribution in [2.24, 2.45) is 0 Å². The van der Waals surface area contributed by atoms with E-state index in [4.69, 9.17) is 0 Å². The summed E-state index contributed by atoms with van der Waals surface area (Å²) in [6.45, 7) is 9.68. The van der Waals surface area contributed by atoms with Crippen LogP contribution in [0.5, 0.6) is 0 Å². The number of hydrogen-bond acceptors (Lipinski definition) is 3. The molecule has 0 saturated carbocycles. The molecule has 120 valence electrons. The highest BCUT2D eigenvalue weighted by molar-refractivity contribution is 7.89. The van der Waals surface area contributed by atoms with Gasteiger partial charge in [0.2, 0.25) is 10.0 Å². The van der Waals surface area contributed by atoms with E-state index in [1.807, 2.05) is 26.8 Å². The molecule has 0 heterocycles. The zero-order valence-corrected chi connectivity index (χ0v) is 14.4. The maximum atomic E-state index is 12.5. The Morgan fingerprint density at radius 1 is 1.05 bits per heavy atom. The Morgan fingerprint density at radius 2 is 1.71 bits per heavy atom. The lowest BCUT2D eigenvalue weighted by molar-refractivity contribution is 0.530. The maximum Gasteiger partial charge on any atom is 0.240 e. The van der Waals surface area contributed by atoms with Crippen LogP contribution in [0.15, 0.2) is 23.1 Å². The number of hydrogen-bond donors (Lipinski definition) is 2. The monoisotopic (exact) mass is 312 g/mol. The minimum absolute atomic E-state index is 0.00179. The molecule has 5 heteroatoms. The molecule has 0 fully saturated rings. The van der Waals surface area contributed by atoms with Gasteiger partial charge in [-0.2, -0.15) is 0 Å². The van der Waals surface area contributed by atoms with Gasteiger partial charge in [0.15, 0.2) is 0 Å². The largest absolute Gasteiger partial charge is 0.313 e. The van der Waals surface area contributed by atoms with Crippen molar-refractivity contribution in [3.8, 4) is 0 Å². The molecule has 1 aromatic carbocycles. The van der Waals surface area contributed by atoms with Crippen molar-refractivity contribution in [3.63, 3.8) is 0 Å². The van der Waals surface area contributed by atoms with Gasteiger partial charge < -0.3 is 5.32 Å². The standard InChI is InChI=1S/C16H28N2O2S/c1-5-13-9-10-16(11-14(13)12-17-8-4)21(19,20)18-15(6-2)7-3/h9-11,15,17-18H,5-8,12H2,1-4H3. The fourth-order valence-electron chi connectivity index (χ4n) is 2.28. The minimum Gasteiger partial charge on any atom is -0.313 e. The Kier molecular flexibility index (Phi) is 7.35. The summed E-state index contributed by atoms with van der Waals surface area (Å²) in [5.41, 5.74) is 2.25. The van der Waals surface area contributed by atoms with E-state index in [9.17, 15) is 8.42 Å². The fourth-order valence-corrected chi connectivity index (χ4v) is 3.73. The first-order valence-electron chi connectivity index (χ1n) is 7.83. The zero-order chi connectivity index (χ0) is 15.9. The molecule has 1 rings (SSSR count). The van der Waals surface area contributed by atoms with Crippen molar-refractivity contribution in [1.29, 1.82) is 0 Å². The van der Waals surface area contributed by atoms with Crippen molar-refractivity contribution >= 4 is 10.0 Å². The van der Waals surface area contributed by atoms with Gasteiger partial charge in [-0.25, -0.2) is 13.1 Å². The van der Waals surface area contributed by atoms with Gasteiger partial charge in [-0.05, 0) is 49.1 Å². The molecular formula is C16H28N2O2S. The first kappa shape index (κ1) is 18.1. The van der Waals surface area contributed by atoms with E-state index < -0.39 is 10.0 Å². The second kappa shape index (κ2) is 8.51. The van der Waals surface area contributed by atoms with Gasteiger partial charge in [0.1, 0.15) is 0 Å². The number of rotatable bonds is 9. The Hall–Kier alpha value is -0.910. The summed E-state index contributed by atoms with van der Waals surface area (Å²) in [7, 11) is -3.43. The summed E-state index contributed by atoms with van der Waals surface area (Å²) < 4.78 is 27.7. The maximum absolute atomic E-state index is 12.5. The minimum atomic E-state index is -3.43. The quantitative estimate of drug-likeness (QED) is 0.737. The second-order valence-corrected chi connectivity index (χ2v) is 6.91. The molecule has 0 aliphatic carbocycles. The SMILES string of the molecule is CCNCc1cc(S(=O)(=O)NC(CC)CC)ccc1CC. The number of aryl methyl sites for hydroxylation is 1. The Balaban J connectivity index is 3.06. The molecule has 2 N–H and O–H groups in total. The predicted octanol–water partition coefficient (Wildman–Crippen LogP) is 2.83. The van der Waals surface area contributed by atoms with E-state index in [0.29, 0.717) is 11.4 Å². The average molecular weight is 312 g/mol. The molecule has 0 aromatic heterocycles. The van der Waals surface area contributed by atoms with E-state index in [0.717, 1.165) is 31.4 Å². The lowest BCUT2D eigenvalue weighted by atomic mass is 10.1. The Bertz CT molecular complexity index is 537. The smallest absolute Gasteiger partial charge is 0.240 e. The van der Waals surface area contributed by atoms with Crippen LogP contribution in [0.25, 0.3) is 0 Å². The Morgan fingerprint density at radius 3 is 2.24 bits per heavy atom. The summed E-state index contributed by atoms with van der Waals surface area (Å²) >= 11 is 0. The molecular weight excluding hydrogens is 284 g/mol. The molecule has 0 amide bonds. The summed E-state index contributed by atoms with van der Waals surface area (Å²) in [5.74, 6) is 0. The van der Waals surface area contributed by atoms with Crippen LogP contribution in [0.2, 0.25) is 0 Å². The average Bonchev–Trinajstić information content (AvgIpc) is 2.50. The molecule has 0 aliphatic heterocycles. The normalized spacial score (nSPS) is 12.0. The van der Waals surface area contributed by atoms with Gasteiger partial charge in [0.25, 0.3) is 0 Å². The molecule has 21 heavy (non-hydrogen) atoms. The van der Waals surface area contributed by atoms with Crippen LogP contribution in [0.3, 0.4) is 0 Å². The van der Waals surface area contributed by atoms with E-state index >= 15 is 0 Å². The third-order valence-electron chi connectivity index (χ3n) is 3.74. The molecule has 0 radical (unpaired) electrons. The van der Waals surface area contributed by atoms with Crippen molar-refractivity contribution in [2.45, 2.75) is 64.4 Å². The summed E-state index contributed by atoms with van der Waals surface area (Å²) in [6, 6.07) is 5.43. The summed E-state index contributed by atoms with van der Waals surface area (Å²) in [6.07, 6.45) is 2.50. The molecule has 0 saturated heterocycles. The number of sulfonamides is 1. The fraction of sp³-hybridized carbons (Fsp3) is 0.625. The van der Waals surface area contributed by atoms with Crippen LogP contribution >= 0.6 is 0 Å². The van der Waals surface area contributed by atoms with Crippen LogP contribution < -0.4 is 10.0 Å². The van der Waals surface area contributed by atoms with Gasteiger partial charge in [-0.1, -0.05) is 33.8 Å². The van der Waals surface area contributed by atoms with E-state index in [-0.39, 0.29) is 6.04 Å². The van der Waals surface area contributed by atoms with Gasteiger partial charge >= 0.3 is 0 Å². The third kappa shape index (κ3) is 5.09. The van der Waals surface area contributed by atoms with Crippen molar-refractivity contribution in [2.75, 3.05) is 6.54 Å².